The van der Waals surface area contributed by atoms with Crippen LogP contribution in [-0.4, -0.2) is 62.2 Å². The Morgan fingerprint density at radius 2 is 2.07 bits per heavy atom. The van der Waals surface area contributed by atoms with E-state index in [4.69, 9.17) is 9.47 Å². The number of anilines is 1. The van der Waals surface area contributed by atoms with Crippen LogP contribution in [0.5, 0.6) is 0 Å². The minimum atomic E-state index is -1.13. The van der Waals surface area contributed by atoms with E-state index in [-0.39, 0.29) is 12.5 Å². The van der Waals surface area contributed by atoms with Gasteiger partial charge in [-0.05, 0) is 12.5 Å². The number of ether oxygens (including phenoxy) is 2. The quantitative estimate of drug-likeness (QED) is 0.584. The molecule has 9 nitrogen and oxygen atoms in total. The molecule has 3 heterocycles. The topological polar surface area (TPSA) is 119 Å². The van der Waals surface area contributed by atoms with Crippen molar-refractivity contribution in [1.29, 1.82) is 0 Å². The normalized spacial score (nSPS) is 26.2. The van der Waals surface area contributed by atoms with Crippen molar-refractivity contribution < 1.29 is 24.5 Å². The van der Waals surface area contributed by atoms with E-state index in [0.717, 1.165) is 11.1 Å². The maximum atomic E-state index is 11.8. The Balaban J connectivity index is 1.97. The highest BCUT2D eigenvalue weighted by molar-refractivity contribution is 6.05. The molecule has 4 atom stereocenters. The number of methoxy groups -OCH3 is 1. The molecule has 30 heavy (non-hydrogen) atoms. The summed E-state index contributed by atoms with van der Waals surface area (Å²) in [5.74, 6) is 0.123. The summed E-state index contributed by atoms with van der Waals surface area (Å²) in [6, 6.07) is 9.63. The highest BCUT2D eigenvalue weighted by atomic mass is 16.6. The van der Waals surface area contributed by atoms with E-state index in [1.165, 1.54) is 20.4 Å². The zero-order chi connectivity index (χ0) is 21.5. The maximum Gasteiger partial charge on any atom is 0.222 e. The molecule has 0 spiro atoms. The molecular weight excluding hydrogens is 388 g/mol. The summed E-state index contributed by atoms with van der Waals surface area (Å²) < 4.78 is 13.4. The average Bonchev–Trinajstić information content (AvgIpc) is 3.25. The van der Waals surface area contributed by atoms with E-state index in [1.54, 1.807) is 11.5 Å². The van der Waals surface area contributed by atoms with Crippen LogP contribution in [0.25, 0.3) is 22.2 Å². The van der Waals surface area contributed by atoms with Gasteiger partial charge in [-0.15, -0.1) is 0 Å². The van der Waals surface area contributed by atoms with Crippen molar-refractivity contribution in [2.24, 2.45) is 0 Å². The van der Waals surface area contributed by atoms with Crippen LogP contribution in [0.2, 0.25) is 0 Å². The maximum absolute atomic E-state index is 11.8. The minimum Gasteiger partial charge on any atom is -0.394 e. The summed E-state index contributed by atoms with van der Waals surface area (Å²) in [5.41, 5.74) is 1.07. The Hall–Kier alpha value is -2.85. The first-order valence-corrected chi connectivity index (χ1v) is 9.58. The first-order valence-electron chi connectivity index (χ1n) is 9.58. The number of nitrogens with one attached hydrogen (secondary N) is 1. The third-order valence-corrected chi connectivity index (χ3v) is 5.59. The summed E-state index contributed by atoms with van der Waals surface area (Å²) in [6.45, 7) is 2.78. The largest absolute Gasteiger partial charge is 0.394 e. The highest BCUT2D eigenvalue weighted by Gasteiger charge is 2.54. The number of hydrogen-bond donors (Lipinski definition) is 3. The van der Waals surface area contributed by atoms with Gasteiger partial charge in [-0.25, -0.2) is 9.97 Å². The lowest BCUT2D eigenvalue weighted by atomic mass is 9.96. The van der Waals surface area contributed by atoms with Crippen molar-refractivity contribution in [2.75, 3.05) is 19.0 Å². The fourth-order valence-electron chi connectivity index (χ4n) is 3.96. The Morgan fingerprint density at radius 3 is 2.70 bits per heavy atom. The number of aliphatic hydroxyl groups is 2. The second-order valence-electron chi connectivity index (χ2n) is 7.46. The molecule has 1 amide bonds. The number of carbonyl (C=O) groups excluding carboxylic acids is 1. The van der Waals surface area contributed by atoms with Gasteiger partial charge in [0.2, 0.25) is 5.91 Å². The summed E-state index contributed by atoms with van der Waals surface area (Å²) in [5, 5.41) is 23.7. The van der Waals surface area contributed by atoms with Crippen LogP contribution in [0.4, 0.5) is 5.82 Å². The van der Waals surface area contributed by atoms with Gasteiger partial charge in [-0.2, -0.15) is 0 Å². The van der Waals surface area contributed by atoms with Crippen LogP contribution in [0.1, 0.15) is 20.1 Å². The lowest BCUT2D eigenvalue weighted by Crippen LogP contribution is -2.46. The van der Waals surface area contributed by atoms with E-state index in [1.807, 2.05) is 36.5 Å². The third-order valence-electron chi connectivity index (χ3n) is 5.59. The molecule has 0 saturated carbocycles. The monoisotopic (exact) mass is 412 g/mol. The Kier molecular flexibility index (Phi) is 5.29. The van der Waals surface area contributed by atoms with Crippen molar-refractivity contribution in [1.82, 2.24) is 14.5 Å². The smallest absolute Gasteiger partial charge is 0.222 e. The zero-order valence-electron chi connectivity index (χ0n) is 16.9. The van der Waals surface area contributed by atoms with E-state index < -0.39 is 24.0 Å². The molecule has 1 aromatic carbocycles. The number of benzene rings is 1. The summed E-state index contributed by atoms with van der Waals surface area (Å²) in [6.07, 6.45) is 0.572. The predicted octanol–water partition coefficient (Wildman–Crippen LogP) is 1.71. The van der Waals surface area contributed by atoms with Gasteiger partial charge in [-0.3, -0.25) is 4.79 Å². The first kappa shape index (κ1) is 20.4. The Bertz CT molecular complexity index is 1070. The fourth-order valence-corrected chi connectivity index (χ4v) is 3.96. The fraction of sp³-hybridized carbons (Fsp3) is 0.381. The summed E-state index contributed by atoms with van der Waals surface area (Å²) >= 11 is 0. The molecule has 0 radical (unpaired) electrons. The van der Waals surface area contributed by atoms with Crippen molar-refractivity contribution in [3.05, 3.63) is 42.9 Å². The van der Waals surface area contributed by atoms with E-state index in [0.29, 0.717) is 16.9 Å². The Labute approximate surface area is 173 Å². The molecule has 1 aliphatic rings. The predicted molar refractivity (Wildman–Crippen MR) is 110 cm³/mol. The standard InChI is InChI=1S/C21H24N4O5/c1-12(27)24-18-16-14(13-7-5-4-6-8-13)9-25(19(16)23-11-22-18)20-21(2,29-3)17(28)15(10-26)30-20/h4-9,11,15,17,20,26,28H,10H2,1-3H3,(H,22,23,24,27)/t15?,17?,20-,21-/m1/s1. The van der Waals surface area contributed by atoms with Crippen molar-refractivity contribution in [3.8, 4) is 11.1 Å². The van der Waals surface area contributed by atoms with E-state index in [2.05, 4.69) is 15.3 Å². The molecule has 4 rings (SSSR count). The molecule has 1 fully saturated rings. The van der Waals surface area contributed by atoms with Crippen LogP contribution in [0.3, 0.4) is 0 Å². The minimum absolute atomic E-state index is 0.253. The van der Waals surface area contributed by atoms with E-state index >= 15 is 0 Å². The van der Waals surface area contributed by atoms with Gasteiger partial charge in [0.15, 0.2) is 6.23 Å². The SMILES string of the molecule is CO[C@]1(C)C(O)C(CO)O[C@H]1n1cc(-c2ccccc2)c2c(NC(C)=O)ncnc21. The summed E-state index contributed by atoms with van der Waals surface area (Å²) in [7, 11) is 1.49. The van der Waals surface area contributed by atoms with Crippen LogP contribution < -0.4 is 5.32 Å². The van der Waals surface area contributed by atoms with Gasteiger partial charge in [0.1, 0.15) is 35.6 Å². The molecule has 1 aliphatic heterocycles. The number of amides is 1. The number of rotatable bonds is 5. The zero-order valence-corrected chi connectivity index (χ0v) is 16.9. The molecule has 158 valence electrons. The number of aliphatic hydroxyl groups excluding tert-OH is 2. The van der Waals surface area contributed by atoms with Crippen LogP contribution >= 0.6 is 0 Å². The van der Waals surface area contributed by atoms with Crippen molar-refractivity contribution >= 4 is 22.8 Å². The highest BCUT2D eigenvalue weighted by Crippen LogP contribution is 2.44. The lowest BCUT2D eigenvalue weighted by Gasteiger charge is -2.31. The molecule has 2 unspecified atom stereocenters. The average molecular weight is 412 g/mol. The Morgan fingerprint density at radius 1 is 1.33 bits per heavy atom. The molecule has 0 bridgehead atoms. The van der Waals surface area contributed by atoms with Gasteiger partial charge < -0.3 is 29.6 Å². The van der Waals surface area contributed by atoms with Gasteiger partial charge in [-0.1, -0.05) is 30.3 Å². The van der Waals surface area contributed by atoms with Crippen LogP contribution in [0, 0.1) is 0 Å². The molecule has 0 aliphatic carbocycles. The molecular formula is C21H24N4O5. The second kappa shape index (κ2) is 7.77. The van der Waals surface area contributed by atoms with Gasteiger partial charge in [0.25, 0.3) is 0 Å². The first-order chi connectivity index (χ1) is 14.4. The molecule has 3 aromatic rings. The van der Waals surface area contributed by atoms with Gasteiger partial charge >= 0.3 is 0 Å². The van der Waals surface area contributed by atoms with E-state index in [9.17, 15) is 15.0 Å². The number of fused-ring (bicyclic) bond motifs is 1. The third kappa shape index (κ3) is 3.16. The number of nitrogens with zero attached hydrogens (tertiary/aromatic N) is 3. The molecule has 2 aromatic heterocycles. The van der Waals surface area contributed by atoms with Gasteiger partial charge in [0, 0.05) is 25.8 Å². The van der Waals surface area contributed by atoms with Crippen molar-refractivity contribution in [2.45, 2.75) is 37.9 Å². The molecule has 1 saturated heterocycles. The second-order valence-corrected chi connectivity index (χ2v) is 7.46. The van der Waals surface area contributed by atoms with Crippen LogP contribution in [-0.2, 0) is 14.3 Å². The van der Waals surface area contributed by atoms with Crippen LogP contribution in [0.15, 0.2) is 42.9 Å². The number of hydrogen-bond acceptors (Lipinski definition) is 7. The molecule has 9 heteroatoms. The van der Waals surface area contributed by atoms with Crippen molar-refractivity contribution in [3.63, 3.8) is 0 Å². The molecule has 3 N–H and O–H groups in total. The number of aromatic nitrogens is 3. The lowest BCUT2D eigenvalue weighted by molar-refractivity contribution is -0.118. The number of carbonyl (C=O) groups is 1. The summed E-state index contributed by atoms with van der Waals surface area (Å²) in [4.78, 5) is 20.5. The van der Waals surface area contributed by atoms with Gasteiger partial charge in [0.05, 0.1) is 12.0 Å².